The maximum Gasteiger partial charge on any atom is 0.120 e. The smallest absolute Gasteiger partial charge is 0.120 e. The molecule has 1 atom stereocenters. The monoisotopic (exact) mass is 333 g/mol. The number of hydrogen-bond acceptors (Lipinski definition) is 3. The van der Waals surface area contributed by atoms with Crippen molar-refractivity contribution in [2.24, 2.45) is 0 Å². The van der Waals surface area contributed by atoms with Crippen LogP contribution in [0.1, 0.15) is 30.1 Å². The molecule has 0 spiro atoms. The molecule has 104 valence electrons. The fraction of sp³-hybridized carbons (Fsp3) is 0.250. The first kappa shape index (κ1) is 13.5. The molecule has 0 bridgehead atoms. The largest absolute Gasteiger partial charge is 0.490 e. The lowest BCUT2D eigenvalue weighted by Gasteiger charge is -2.15. The Kier molecular flexibility index (Phi) is 3.68. The number of nitrogens with two attached hydrogens (primary N) is 1. The van der Waals surface area contributed by atoms with E-state index >= 15 is 0 Å². The van der Waals surface area contributed by atoms with Crippen molar-refractivity contribution in [2.45, 2.75) is 25.0 Å². The molecule has 0 saturated heterocycles. The van der Waals surface area contributed by atoms with E-state index in [4.69, 9.17) is 10.5 Å². The first-order valence-electron chi connectivity index (χ1n) is 6.63. The molecule has 1 unspecified atom stereocenters. The molecule has 2 aromatic rings. The van der Waals surface area contributed by atoms with E-state index in [9.17, 15) is 5.11 Å². The van der Waals surface area contributed by atoms with Crippen LogP contribution < -0.4 is 10.5 Å². The highest BCUT2D eigenvalue weighted by atomic mass is 79.9. The van der Waals surface area contributed by atoms with Crippen molar-refractivity contribution < 1.29 is 9.84 Å². The van der Waals surface area contributed by atoms with Crippen molar-refractivity contribution >= 4 is 21.6 Å². The maximum absolute atomic E-state index is 10.5. The first-order chi connectivity index (χ1) is 9.63. The Bertz CT molecular complexity index is 626. The molecule has 2 aromatic carbocycles. The number of anilines is 1. The molecule has 3 rings (SSSR count). The van der Waals surface area contributed by atoms with Crippen LogP contribution in [0.4, 0.5) is 5.69 Å². The van der Waals surface area contributed by atoms with E-state index in [1.54, 1.807) is 6.07 Å². The van der Waals surface area contributed by atoms with Gasteiger partial charge in [-0.1, -0.05) is 28.1 Å². The number of aliphatic hydroxyl groups is 1. The molecule has 1 aliphatic rings. The summed E-state index contributed by atoms with van der Waals surface area (Å²) in [5.41, 5.74) is 8.00. The van der Waals surface area contributed by atoms with Crippen molar-refractivity contribution in [1.29, 1.82) is 0 Å². The highest BCUT2D eigenvalue weighted by Crippen LogP contribution is 2.32. The van der Waals surface area contributed by atoms with Gasteiger partial charge in [0.1, 0.15) is 11.9 Å². The Morgan fingerprint density at radius 2 is 2.00 bits per heavy atom. The number of ether oxygens (including phenoxy) is 1. The predicted octanol–water partition coefficient (Wildman–Crippen LogP) is 3.65. The normalized spacial score (nSPS) is 15.9. The molecule has 0 amide bonds. The summed E-state index contributed by atoms with van der Waals surface area (Å²) in [6.07, 6.45) is 1.82. The van der Waals surface area contributed by atoms with Crippen molar-refractivity contribution in [2.75, 3.05) is 5.73 Å². The van der Waals surface area contributed by atoms with Crippen LogP contribution in [0, 0.1) is 0 Å². The highest BCUT2D eigenvalue weighted by molar-refractivity contribution is 9.10. The van der Waals surface area contributed by atoms with E-state index in [0.717, 1.165) is 28.6 Å². The van der Waals surface area contributed by atoms with Gasteiger partial charge >= 0.3 is 0 Å². The molecule has 1 aliphatic carbocycles. The van der Waals surface area contributed by atoms with Crippen LogP contribution in [0.15, 0.2) is 46.9 Å². The summed E-state index contributed by atoms with van der Waals surface area (Å²) in [5.74, 6) is 0.803. The predicted molar refractivity (Wildman–Crippen MR) is 82.7 cm³/mol. The lowest BCUT2D eigenvalue weighted by atomic mass is 10.00. The molecule has 4 heteroatoms. The van der Waals surface area contributed by atoms with E-state index in [1.165, 1.54) is 0 Å². The minimum atomic E-state index is -0.754. The average Bonchev–Trinajstić information content (AvgIpc) is 3.25. The summed E-state index contributed by atoms with van der Waals surface area (Å²) in [6.45, 7) is 0. The quantitative estimate of drug-likeness (QED) is 0.839. The Morgan fingerprint density at radius 1 is 1.20 bits per heavy atom. The highest BCUT2D eigenvalue weighted by Gasteiger charge is 2.24. The third-order valence-electron chi connectivity index (χ3n) is 3.34. The number of hydrogen-bond donors (Lipinski definition) is 2. The molecule has 3 N–H and O–H groups in total. The third kappa shape index (κ3) is 2.97. The number of rotatable bonds is 4. The topological polar surface area (TPSA) is 55.5 Å². The maximum atomic E-state index is 10.5. The summed E-state index contributed by atoms with van der Waals surface area (Å²) in [7, 11) is 0. The fourth-order valence-corrected chi connectivity index (χ4v) is 2.48. The van der Waals surface area contributed by atoms with Gasteiger partial charge < -0.3 is 15.6 Å². The molecule has 0 heterocycles. The van der Waals surface area contributed by atoms with E-state index in [1.807, 2.05) is 36.4 Å². The second kappa shape index (κ2) is 5.46. The van der Waals surface area contributed by atoms with Gasteiger partial charge in [-0.15, -0.1) is 0 Å². The molecule has 0 aromatic heterocycles. The van der Waals surface area contributed by atoms with E-state index < -0.39 is 6.10 Å². The minimum Gasteiger partial charge on any atom is -0.490 e. The van der Waals surface area contributed by atoms with Crippen LogP contribution in [-0.4, -0.2) is 11.2 Å². The van der Waals surface area contributed by atoms with Crippen LogP contribution in [0.5, 0.6) is 5.75 Å². The van der Waals surface area contributed by atoms with Crippen LogP contribution in [0.25, 0.3) is 0 Å². The number of halogens is 1. The lowest BCUT2D eigenvalue weighted by Crippen LogP contribution is -2.04. The van der Waals surface area contributed by atoms with Gasteiger partial charge in [0, 0.05) is 15.7 Å². The van der Waals surface area contributed by atoms with Gasteiger partial charge in [-0.3, -0.25) is 0 Å². The van der Waals surface area contributed by atoms with Gasteiger partial charge in [0.25, 0.3) is 0 Å². The van der Waals surface area contributed by atoms with Crippen molar-refractivity contribution in [3.8, 4) is 5.75 Å². The minimum absolute atomic E-state index is 0.346. The molecular weight excluding hydrogens is 318 g/mol. The van der Waals surface area contributed by atoms with Gasteiger partial charge in [-0.05, 0) is 48.7 Å². The van der Waals surface area contributed by atoms with Crippen LogP contribution in [-0.2, 0) is 0 Å². The third-order valence-corrected chi connectivity index (χ3v) is 3.84. The number of nitrogen functional groups attached to an aromatic ring is 1. The standard InChI is InChI=1S/C16H16BrNO2/c17-11-4-7-15(18)14(9-11)16(19)10-2-1-3-13(8-10)20-12-5-6-12/h1-4,7-9,12,16,19H,5-6,18H2. The SMILES string of the molecule is Nc1ccc(Br)cc1C(O)c1cccc(OC2CC2)c1. The molecule has 20 heavy (non-hydrogen) atoms. The van der Waals surface area contributed by atoms with Gasteiger partial charge in [0.2, 0.25) is 0 Å². The fourth-order valence-electron chi connectivity index (χ4n) is 2.10. The zero-order valence-electron chi connectivity index (χ0n) is 10.9. The second-order valence-corrected chi connectivity index (χ2v) is 5.98. The summed E-state index contributed by atoms with van der Waals surface area (Å²) >= 11 is 3.40. The molecule has 0 radical (unpaired) electrons. The molecular formula is C16H16BrNO2. The number of benzene rings is 2. The molecule has 1 saturated carbocycles. The van der Waals surface area contributed by atoms with Crippen molar-refractivity contribution in [3.05, 3.63) is 58.1 Å². The summed E-state index contributed by atoms with van der Waals surface area (Å²) in [6, 6.07) is 13.1. The zero-order chi connectivity index (χ0) is 14.1. The van der Waals surface area contributed by atoms with Crippen LogP contribution in [0.3, 0.4) is 0 Å². The summed E-state index contributed by atoms with van der Waals surface area (Å²) in [5, 5.41) is 10.5. The second-order valence-electron chi connectivity index (χ2n) is 5.07. The van der Waals surface area contributed by atoms with E-state index in [-0.39, 0.29) is 0 Å². The van der Waals surface area contributed by atoms with Crippen LogP contribution in [0.2, 0.25) is 0 Å². The van der Waals surface area contributed by atoms with Gasteiger partial charge in [0.15, 0.2) is 0 Å². The van der Waals surface area contributed by atoms with Gasteiger partial charge in [-0.25, -0.2) is 0 Å². The van der Waals surface area contributed by atoms with Gasteiger partial charge in [-0.2, -0.15) is 0 Å². The average molecular weight is 334 g/mol. The lowest BCUT2D eigenvalue weighted by molar-refractivity contribution is 0.220. The molecule has 3 nitrogen and oxygen atoms in total. The molecule has 0 aliphatic heterocycles. The summed E-state index contributed by atoms with van der Waals surface area (Å²) in [4.78, 5) is 0. The van der Waals surface area contributed by atoms with Crippen LogP contribution >= 0.6 is 15.9 Å². The Hall–Kier alpha value is -1.52. The number of aliphatic hydroxyl groups excluding tert-OH is 1. The zero-order valence-corrected chi connectivity index (χ0v) is 12.5. The van der Waals surface area contributed by atoms with Crippen molar-refractivity contribution in [3.63, 3.8) is 0 Å². The van der Waals surface area contributed by atoms with E-state index in [2.05, 4.69) is 15.9 Å². The summed E-state index contributed by atoms with van der Waals surface area (Å²) < 4.78 is 6.65. The van der Waals surface area contributed by atoms with E-state index in [0.29, 0.717) is 17.4 Å². The Balaban J connectivity index is 1.88. The Morgan fingerprint density at radius 3 is 2.75 bits per heavy atom. The Labute approximate surface area is 126 Å². The van der Waals surface area contributed by atoms with Crippen molar-refractivity contribution in [1.82, 2.24) is 0 Å². The molecule has 1 fully saturated rings. The first-order valence-corrected chi connectivity index (χ1v) is 7.42. The van der Waals surface area contributed by atoms with Gasteiger partial charge in [0.05, 0.1) is 6.10 Å².